The van der Waals surface area contributed by atoms with Gasteiger partial charge in [0.1, 0.15) is 5.69 Å². The van der Waals surface area contributed by atoms with Crippen molar-refractivity contribution in [2.24, 2.45) is 0 Å². The summed E-state index contributed by atoms with van der Waals surface area (Å²) in [4.78, 5) is 40.2. The van der Waals surface area contributed by atoms with Crippen LogP contribution in [0.4, 0.5) is 17.1 Å². The normalized spacial score (nSPS) is 16.0. The average molecular weight is 408 g/mol. The van der Waals surface area contributed by atoms with E-state index in [0.29, 0.717) is 16.9 Å². The molecule has 0 atom stereocenters. The third-order valence-corrected chi connectivity index (χ3v) is 5.64. The Hall–Kier alpha value is -3.42. The van der Waals surface area contributed by atoms with E-state index in [1.165, 1.54) is 6.07 Å². The quantitative estimate of drug-likeness (QED) is 0.601. The van der Waals surface area contributed by atoms with Gasteiger partial charge in [0.15, 0.2) is 0 Å². The number of rotatable bonds is 5. The summed E-state index contributed by atoms with van der Waals surface area (Å²) in [5.41, 5.74) is 1.69. The summed E-state index contributed by atoms with van der Waals surface area (Å²) in [6.07, 6.45) is 4.03. The third-order valence-electron chi connectivity index (χ3n) is 5.64. The molecule has 1 N–H and O–H groups in total. The molecule has 8 nitrogen and oxygen atoms in total. The highest BCUT2D eigenvalue weighted by Gasteiger charge is 2.24. The summed E-state index contributed by atoms with van der Waals surface area (Å²) >= 11 is 0. The molecule has 2 aromatic carbocycles. The maximum atomic E-state index is 12.7. The van der Waals surface area contributed by atoms with E-state index in [4.69, 9.17) is 0 Å². The highest BCUT2D eigenvalue weighted by atomic mass is 16.6. The van der Waals surface area contributed by atoms with Gasteiger partial charge in [-0.25, -0.2) is 0 Å². The fraction of sp³-hybridized carbons (Fsp3) is 0.364. The number of hydrogen-bond acceptors (Lipinski definition) is 5. The molecule has 0 aliphatic carbocycles. The van der Waals surface area contributed by atoms with Crippen LogP contribution >= 0.6 is 0 Å². The van der Waals surface area contributed by atoms with Crippen molar-refractivity contribution in [3.63, 3.8) is 0 Å². The second-order valence-electron chi connectivity index (χ2n) is 7.69. The second kappa shape index (κ2) is 8.52. The number of benzene rings is 2. The lowest BCUT2D eigenvalue weighted by molar-refractivity contribution is -0.384. The molecule has 30 heavy (non-hydrogen) atoms. The van der Waals surface area contributed by atoms with Crippen LogP contribution in [0.15, 0.2) is 42.5 Å². The molecule has 2 heterocycles. The summed E-state index contributed by atoms with van der Waals surface area (Å²) in [5, 5.41) is 14.3. The summed E-state index contributed by atoms with van der Waals surface area (Å²) in [6.45, 7) is 3.07. The van der Waals surface area contributed by atoms with Crippen molar-refractivity contribution < 1.29 is 14.5 Å². The Balaban J connectivity index is 1.52. The first kappa shape index (κ1) is 19.9. The van der Waals surface area contributed by atoms with Crippen LogP contribution in [0, 0.1) is 10.1 Å². The Kier molecular flexibility index (Phi) is 5.65. The highest BCUT2D eigenvalue weighted by molar-refractivity contribution is 6.06. The Labute approximate surface area is 174 Å². The molecular weight excluding hydrogens is 384 g/mol. The molecule has 2 aliphatic rings. The molecule has 2 fully saturated rings. The van der Waals surface area contributed by atoms with Crippen molar-refractivity contribution in [3.05, 3.63) is 63.7 Å². The zero-order valence-electron chi connectivity index (χ0n) is 16.7. The van der Waals surface area contributed by atoms with Crippen LogP contribution in [-0.2, 0) is 0 Å². The number of anilines is 2. The number of nitrogens with zero attached hydrogens (tertiary/aromatic N) is 3. The van der Waals surface area contributed by atoms with E-state index in [9.17, 15) is 19.7 Å². The van der Waals surface area contributed by atoms with E-state index in [0.717, 1.165) is 51.9 Å². The van der Waals surface area contributed by atoms with Gasteiger partial charge >= 0.3 is 0 Å². The van der Waals surface area contributed by atoms with Crippen LogP contribution in [0.1, 0.15) is 46.4 Å². The Morgan fingerprint density at radius 2 is 1.60 bits per heavy atom. The maximum Gasteiger partial charge on any atom is 0.293 e. The molecular formula is C22H24N4O4. The first-order chi connectivity index (χ1) is 14.5. The molecule has 2 amide bonds. The molecule has 0 saturated carbocycles. The molecule has 8 heteroatoms. The number of hydrogen-bond donors (Lipinski definition) is 1. The molecule has 156 valence electrons. The first-order valence-corrected chi connectivity index (χ1v) is 10.3. The van der Waals surface area contributed by atoms with Crippen LogP contribution in [0.2, 0.25) is 0 Å². The van der Waals surface area contributed by atoms with Gasteiger partial charge in [-0.1, -0.05) is 6.07 Å². The summed E-state index contributed by atoms with van der Waals surface area (Å²) in [6, 6.07) is 11.4. The minimum Gasteiger partial charge on any atom is -0.366 e. The number of nitrogens with one attached hydrogen (secondary N) is 1. The Bertz CT molecular complexity index is 979. The fourth-order valence-electron chi connectivity index (χ4n) is 4.07. The zero-order valence-corrected chi connectivity index (χ0v) is 16.7. The number of carbonyl (C=O) groups is 2. The van der Waals surface area contributed by atoms with E-state index in [-0.39, 0.29) is 17.2 Å². The van der Waals surface area contributed by atoms with E-state index >= 15 is 0 Å². The lowest BCUT2D eigenvalue weighted by atomic mass is 10.1. The van der Waals surface area contributed by atoms with Gasteiger partial charge < -0.3 is 15.1 Å². The molecule has 0 radical (unpaired) electrons. The molecule has 0 spiro atoms. The topological polar surface area (TPSA) is 95.8 Å². The van der Waals surface area contributed by atoms with Gasteiger partial charge in [-0.2, -0.15) is 0 Å². The summed E-state index contributed by atoms with van der Waals surface area (Å²) < 4.78 is 0. The molecule has 0 aromatic heterocycles. The van der Waals surface area contributed by atoms with Gasteiger partial charge in [-0.05, 0) is 56.0 Å². The predicted octanol–water partition coefficient (Wildman–Crippen LogP) is 3.68. The molecule has 2 saturated heterocycles. The lowest BCUT2D eigenvalue weighted by Crippen LogP contribution is -2.27. The van der Waals surface area contributed by atoms with Crippen molar-refractivity contribution in [2.75, 3.05) is 36.4 Å². The number of carbonyl (C=O) groups excluding carboxylic acids is 2. The molecule has 0 bridgehead atoms. The predicted molar refractivity (Wildman–Crippen MR) is 114 cm³/mol. The molecule has 2 aliphatic heterocycles. The van der Waals surface area contributed by atoms with Crippen LogP contribution in [0.3, 0.4) is 0 Å². The molecule has 2 aromatic rings. The van der Waals surface area contributed by atoms with E-state index in [1.54, 1.807) is 41.3 Å². The maximum absolute atomic E-state index is 12.7. The van der Waals surface area contributed by atoms with Crippen LogP contribution in [0.5, 0.6) is 0 Å². The Morgan fingerprint density at radius 3 is 2.30 bits per heavy atom. The number of nitro groups is 1. The van der Waals surface area contributed by atoms with Crippen LogP contribution in [-0.4, -0.2) is 47.8 Å². The van der Waals surface area contributed by atoms with Gasteiger partial charge in [-0.3, -0.25) is 19.7 Å². The van der Waals surface area contributed by atoms with Crippen molar-refractivity contribution in [1.82, 2.24) is 4.90 Å². The van der Waals surface area contributed by atoms with Crippen molar-refractivity contribution in [3.8, 4) is 0 Å². The smallest absolute Gasteiger partial charge is 0.293 e. The second-order valence-corrected chi connectivity index (χ2v) is 7.69. The summed E-state index contributed by atoms with van der Waals surface area (Å²) in [5.74, 6) is -0.494. The monoisotopic (exact) mass is 408 g/mol. The number of likely N-dealkylation sites (tertiary alicyclic amines) is 1. The third kappa shape index (κ3) is 4.12. The fourth-order valence-corrected chi connectivity index (χ4v) is 4.07. The molecule has 0 unspecified atom stereocenters. The minimum absolute atomic E-state index is 0.0470. The van der Waals surface area contributed by atoms with Crippen molar-refractivity contribution >= 4 is 28.9 Å². The largest absolute Gasteiger partial charge is 0.366 e. The first-order valence-electron chi connectivity index (χ1n) is 10.3. The molecule has 4 rings (SSSR count). The summed E-state index contributed by atoms with van der Waals surface area (Å²) in [7, 11) is 0. The van der Waals surface area contributed by atoms with Crippen molar-refractivity contribution in [2.45, 2.75) is 25.7 Å². The van der Waals surface area contributed by atoms with Gasteiger partial charge in [0.2, 0.25) is 0 Å². The van der Waals surface area contributed by atoms with Gasteiger partial charge in [-0.15, -0.1) is 0 Å². The van der Waals surface area contributed by atoms with Gasteiger partial charge in [0, 0.05) is 49.1 Å². The van der Waals surface area contributed by atoms with Crippen LogP contribution in [0.25, 0.3) is 0 Å². The zero-order chi connectivity index (χ0) is 21.1. The lowest BCUT2D eigenvalue weighted by Gasteiger charge is -2.18. The minimum atomic E-state index is -0.447. The Morgan fingerprint density at radius 1 is 0.900 bits per heavy atom. The number of amides is 2. The van der Waals surface area contributed by atoms with E-state index in [1.807, 2.05) is 4.90 Å². The average Bonchev–Trinajstić information content (AvgIpc) is 3.47. The highest BCUT2D eigenvalue weighted by Crippen LogP contribution is 2.32. The SMILES string of the molecule is O=C(Nc1cccc(C(=O)N2CCCC2)c1)c1ccc(N2CCCC2)c([N+](=O)[O-])c1. The van der Waals surface area contributed by atoms with Gasteiger partial charge in [0.25, 0.3) is 17.5 Å². The van der Waals surface area contributed by atoms with Gasteiger partial charge in [0.05, 0.1) is 4.92 Å². The number of nitro benzene ring substituents is 1. The van der Waals surface area contributed by atoms with Crippen molar-refractivity contribution in [1.29, 1.82) is 0 Å². The van der Waals surface area contributed by atoms with Crippen LogP contribution < -0.4 is 10.2 Å². The van der Waals surface area contributed by atoms with E-state index < -0.39 is 10.8 Å². The van der Waals surface area contributed by atoms with E-state index in [2.05, 4.69) is 5.32 Å². The standard InChI is InChI=1S/C22H24N4O4/c27-21(16-8-9-19(20(15-16)26(29)30)24-10-1-2-11-24)23-18-7-5-6-17(14-18)22(28)25-12-3-4-13-25/h5-9,14-15H,1-4,10-13H2,(H,23,27).